The van der Waals surface area contributed by atoms with Crippen molar-refractivity contribution in [2.75, 3.05) is 18.6 Å². The van der Waals surface area contributed by atoms with Gasteiger partial charge in [-0.05, 0) is 78.9 Å². The molecule has 6 heteroatoms. The number of aliphatic hydroxyl groups is 1. The normalized spacial score (nSPS) is 17.1. The number of carbonyl (C=O) groups excluding carboxylic acids is 2. The second-order valence-electron chi connectivity index (χ2n) is 9.10. The predicted octanol–water partition coefficient (Wildman–Crippen LogP) is 6.15. The van der Waals surface area contributed by atoms with Crippen LogP contribution in [0.4, 0.5) is 5.69 Å². The van der Waals surface area contributed by atoms with Gasteiger partial charge in [0.25, 0.3) is 11.7 Å². The summed E-state index contributed by atoms with van der Waals surface area (Å²) in [7, 11) is 1.57. The third-order valence-corrected chi connectivity index (χ3v) is 6.46. The van der Waals surface area contributed by atoms with Crippen LogP contribution in [-0.4, -0.2) is 30.5 Å². The number of carbonyl (C=O) groups is 2. The Morgan fingerprint density at radius 1 is 1.00 bits per heavy atom. The van der Waals surface area contributed by atoms with E-state index in [4.69, 9.17) is 9.47 Å². The smallest absolute Gasteiger partial charge is 0.300 e. The van der Waals surface area contributed by atoms with E-state index in [1.165, 1.54) is 4.90 Å². The Kier molecular flexibility index (Phi) is 7.15. The summed E-state index contributed by atoms with van der Waals surface area (Å²) in [6.07, 6.45) is 0. The van der Waals surface area contributed by atoms with Crippen LogP contribution in [0.1, 0.15) is 55.0 Å². The molecule has 36 heavy (non-hydrogen) atoms. The van der Waals surface area contributed by atoms with E-state index in [0.29, 0.717) is 40.8 Å². The molecule has 1 atom stereocenters. The number of ether oxygens (including phenoxy) is 2. The summed E-state index contributed by atoms with van der Waals surface area (Å²) in [5, 5.41) is 11.4. The van der Waals surface area contributed by atoms with Crippen molar-refractivity contribution in [3.63, 3.8) is 0 Å². The number of Topliss-reactive ketones (excluding diaryl/α,β-unsaturated/α-hetero) is 1. The molecular weight excluding hydrogens is 454 g/mol. The summed E-state index contributed by atoms with van der Waals surface area (Å²) in [6.45, 7) is 8.47. The Morgan fingerprint density at radius 2 is 1.67 bits per heavy atom. The summed E-state index contributed by atoms with van der Waals surface area (Å²) < 4.78 is 10.9. The highest BCUT2D eigenvalue weighted by Gasteiger charge is 2.47. The molecule has 1 unspecified atom stereocenters. The second-order valence-corrected chi connectivity index (χ2v) is 9.10. The molecule has 0 spiro atoms. The second kappa shape index (κ2) is 10.3. The maximum absolute atomic E-state index is 13.4. The van der Waals surface area contributed by atoms with Gasteiger partial charge >= 0.3 is 0 Å². The first-order chi connectivity index (χ1) is 17.3. The van der Waals surface area contributed by atoms with E-state index < -0.39 is 17.7 Å². The van der Waals surface area contributed by atoms with Crippen molar-refractivity contribution < 1.29 is 24.2 Å². The van der Waals surface area contributed by atoms with Crippen molar-refractivity contribution in [3.05, 3.63) is 94.6 Å². The topological polar surface area (TPSA) is 76.1 Å². The molecule has 6 nitrogen and oxygen atoms in total. The van der Waals surface area contributed by atoms with Crippen molar-refractivity contribution >= 4 is 23.1 Å². The van der Waals surface area contributed by atoms with Gasteiger partial charge in [0.1, 0.15) is 17.3 Å². The van der Waals surface area contributed by atoms with E-state index in [1.807, 2.05) is 50.2 Å². The number of ketones is 1. The van der Waals surface area contributed by atoms with Crippen LogP contribution >= 0.6 is 0 Å². The quantitative estimate of drug-likeness (QED) is 0.247. The van der Waals surface area contributed by atoms with E-state index in [-0.39, 0.29) is 11.3 Å². The minimum absolute atomic E-state index is 0.0432. The zero-order valence-corrected chi connectivity index (χ0v) is 21.2. The van der Waals surface area contributed by atoms with Gasteiger partial charge in [0, 0.05) is 11.3 Å². The van der Waals surface area contributed by atoms with E-state index >= 15 is 0 Å². The minimum Gasteiger partial charge on any atom is -0.507 e. The molecule has 1 aliphatic heterocycles. The van der Waals surface area contributed by atoms with Crippen LogP contribution in [0.2, 0.25) is 0 Å². The molecule has 1 saturated heterocycles. The van der Waals surface area contributed by atoms with Gasteiger partial charge in [-0.1, -0.05) is 38.1 Å². The van der Waals surface area contributed by atoms with Gasteiger partial charge < -0.3 is 14.6 Å². The minimum atomic E-state index is -0.798. The highest BCUT2D eigenvalue weighted by atomic mass is 16.5. The maximum Gasteiger partial charge on any atom is 0.300 e. The number of anilines is 1. The highest BCUT2D eigenvalue weighted by molar-refractivity contribution is 6.51. The van der Waals surface area contributed by atoms with Gasteiger partial charge in [-0.15, -0.1) is 0 Å². The molecule has 1 N–H and O–H groups in total. The Morgan fingerprint density at radius 3 is 2.22 bits per heavy atom. The van der Waals surface area contributed by atoms with Crippen LogP contribution in [-0.2, 0) is 9.59 Å². The molecule has 1 amide bonds. The fourth-order valence-electron chi connectivity index (χ4n) is 4.53. The third kappa shape index (κ3) is 4.59. The van der Waals surface area contributed by atoms with Crippen molar-refractivity contribution in [1.29, 1.82) is 0 Å². The monoisotopic (exact) mass is 485 g/mol. The molecule has 1 aliphatic rings. The molecule has 0 aliphatic carbocycles. The van der Waals surface area contributed by atoms with Crippen LogP contribution in [0.15, 0.2) is 72.3 Å². The first kappa shape index (κ1) is 25.0. The van der Waals surface area contributed by atoms with Gasteiger partial charge in [0.2, 0.25) is 0 Å². The van der Waals surface area contributed by atoms with Gasteiger partial charge in [-0.2, -0.15) is 0 Å². The average molecular weight is 486 g/mol. The number of methoxy groups -OCH3 is 1. The van der Waals surface area contributed by atoms with Crippen molar-refractivity contribution in [1.82, 2.24) is 0 Å². The lowest BCUT2D eigenvalue weighted by molar-refractivity contribution is -0.132. The zero-order valence-electron chi connectivity index (χ0n) is 21.2. The van der Waals surface area contributed by atoms with Crippen LogP contribution < -0.4 is 14.4 Å². The van der Waals surface area contributed by atoms with E-state index in [0.717, 1.165) is 11.1 Å². The first-order valence-corrected chi connectivity index (χ1v) is 12.1. The SMILES string of the molecule is CCOc1ccc(C2/C(=C(/O)c3ccc(OC)c(C)c3)C(=O)C(=O)N2c2ccc(C(C)C)cc2)cc1. The Bertz CT molecular complexity index is 1310. The molecule has 4 rings (SSSR count). The largest absolute Gasteiger partial charge is 0.507 e. The maximum atomic E-state index is 13.4. The van der Waals surface area contributed by atoms with Gasteiger partial charge in [0.05, 0.1) is 25.3 Å². The number of amides is 1. The molecule has 1 heterocycles. The van der Waals surface area contributed by atoms with Crippen LogP contribution in [0.5, 0.6) is 11.5 Å². The number of aliphatic hydroxyl groups excluding tert-OH is 1. The molecule has 0 bridgehead atoms. The van der Waals surface area contributed by atoms with E-state index in [2.05, 4.69) is 13.8 Å². The summed E-state index contributed by atoms with van der Waals surface area (Å²) in [5.74, 6) is 0.0466. The number of aryl methyl sites for hydroxylation is 1. The highest BCUT2D eigenvalue weighted by Crippen LogP contribution is 2.43. The molecule has 3 aromatic rings. The molecule has 0 radical (unpaired) electrons. The Labute approximate surface area is 211 Å². The number of nitrogens with zero attached hydrogens (tertiary/aromatic N) is 1. The van der Waals surface area contributed by atoms with Crippen molar-refractivity contribution in [2.24, 2.45) is 0 Å². The summed E-state index contributed by atoms with van der Waals surface area (Å²) in [6, 6.07) is 19.2. The molecule has 0 saturated carbocycles. The molecular formula is C30H31NO5. The Hall–Kier alpha value is -4.06. The summed E-state index contributed by atoms with van der Waals surface area (Å²) in [4.78, 5) is 28.2. The Balaban J connectivity index is 1.88. The van der Waals surface area contributed by atoms with Gasteiger partial charge in [-0.25, -0.2) is 0 Å². The van der Waals surface area contributed by atoms with Gasteiger partial charge in [0.15, 0.2) is 0 Å². The number of hydrogen-bond acceptors (Lipinski definition) is 5. The fraction of sp³-hybridized carbons (Fsp3) is 0.267. The first-order valence-electron chi connectivity index (χ1n) is 12.1. The molecule has 186 valence electrons. The molecule has 1 fully saturated rings. The van der Waals surface area contributed by atoms with E-state index in [1.54, 1.807) is 37.4 Å². The molecule has 3 aromatic carbocycles. The molecule has 0 aromatic heterocycles. The summed E-state index contributed by atoms with van der Waals surface area (Å²) in [5.41, 5.74) is 3.70. The lowest BCUT2D eigenvalue weighted by Crippen LogP contribution is -2.29. The third-order valence-electron chi connectivity index (χ3n) is 6.46. The van der Waals surface area contributed by atoms with Crippen LogP contribution in [0.25, 0.3) is 5.76 Å². The predicted molar refractivity (Wildman–Crippen MR) is 141 cm³/mol. The lowest BCUT2D eigenvalue weighted by Gasteiger charge is -2.26. The van der Waals surface area contributed by atoms with E-state index in [9.17, 15) is 14.7 Å². The average Bonchev–Trinajstić information content (AvgIpc) is 3.14. The fourth-order valence-corrected chi connectivity index (χ4v) is 4.53. The van der Waals surface area contributed by atoms with Crippen LogP contribution in [0.3, 0.4) is 0 Å². The standard InChI is InChI=1S/C30H31NO5/c1-6-36-24-14-9-21(10-15-24)27-26(28(32)22-11-16-25(35-5)19(4)17-22)29(33)30(34)31(27)23-12-7-20(8-13-23)18(2)3/h7-18,27,32H,6H2,1-5H3/b28-26-. The van der Waals surface area contributed by atoms with Crippen molar-refractivity contribution in [2.45, 2.75) is 39.7 Å². The van der Waals surface area contributed by atoms with Gasteiger partial charge in [-0.3, -0.25) is 14.5 Å². The van der Waals surface area contributed by atoms with Crippen molar-refractivity contribution in [3.8, 4) is 11.5 Å². The summed E-state index contributed by atoms with van der Waals surface area (Å²) >= 11 is 0. The number of benzene rings is 3. The lowest BCUT2D eigenvalue weighted by atomic mass is 9.94. The van der Waals surface area contributed by atoms with Crippen LogP contribution in [0, 0.1) is 6.92 Å². The zero-order chi connectivity index (χ0) is 26.0. The number of rotatable bonds is 7. The number of hydrogen-bond donors (Lipinski definition) is 1.